The molecular weight excluding hydrogens is 256 g/mol. The summed E-state index contributed by atoms with van der Waals surface area (Å²) >= 11 is 0. The van der Waals surface area contributed by atoms with Gasteiger partial charge in [-0.25, -0.2) is 0 Å². The van der Waals surface area contributed by atoms with Crippen LogP contribution in [0.15, 0.2) is 18.2 Å². The highest BCUT2D eigenvalue weighted by Gasteiger charge is 2.20. The predicted octanol–water partition coefficient (Wildman–Crippen LogP) is 2.86. The standard InChI is InChI=1S/C15H22N2O3/c1-11-6-7-12(9-14(11)17(19)20)15(18)10-13-5-3-2-4-8-16-13/h6-7,9,13,15-16,18H,2-5,8,10H2,1H3. The summed E-state index contributed by atoms with van der Waals surface area (Å²) < 4.78 is 0. The van der Waals surface area contributed by atoms with Crippen LogP contribution in [-0.2, 0) is 0 Å². The van der Waals surface area contributed by atoms with E-state index in [2.05, 4.69) is 5.32 Å². The molecule has 2 N–H and O–H groups in total. The Labute approximate surface area is 119 Å². The van der Waals surface area contributed by atoms with Crippen LogP contribution >= 0.6 is 0 Å². The van der Waals surface area contributed by atoms with Crippen molar-refractivity contribution in [2.75, 3.05) is 6.54 Å². The highest BCUT2D eigenvalue weighted by molar-refractivity contribution is 5.43. The molecule has 0 saturated carbocycles. The van der Waals surface area contributed by atoms with E-state index in [-0.39, 0.29) is 5.69 Å². The molecule has 1 aliphatic heterocycles. The van der Waals surface area contributed by atoms with Gasteiger partial charge in [-0.05, 0) is 38.3 Å². The molecular formula is C15H22N2O3. The van der Waals surface area contributed by atoms with Crippen LogP contribution < -0.4 is 5.32 Å². The molecule has 1 saturated heterocycles. The molecule has 0 aliphatic carbocycles. The van der Waals surface area contributed by atoms with E-state index >= 15 is 0 Å². The third-order valence-electron chi connectivity index (χ3n) is 3.98. The minimum absolute atomic E-state index is 0.0791. The van der Waals surface area contributed by atoms with Gasteiger partial charge in [0.05, 0.1) is 11.0 Å². The van der Waals surface area contributed by atoms with E-state index < -0.39 is 11.0 Å². The number of aliphatic hydroxyl groups is 1. The maximum Gasteiger partial charge on any atom is 0.272 e. The van der Waals surface area contributed by atoms with E-state index in [1.54, 1.807) is 19.1 Å². The second kappa shape index (κ2) is 6.81. The second-order valence-electron chi connectivity index (χ2n) is 5.55. The molecule has 0 bridgehead atoms. The molecule has 20 heavy (non-hydrogen) atoms. The lowest BCUT2D eigenvalue weighted by molar-refractivity contribution is -0.385. The van der Waals surface area contributed by atoms with Gasteiger partial charge in [0.1, 0.15) is 0 Å². The number of aliphatic hydroxyl groups excluding tert-OH is 1. The average molecular weight is 278 g/mol. The highest BCUT2D eigenvalue weighted by atomic mass is 16.6. The lowest BCUT2D eigenvalue weighted by Gasteiger charge is -2.20. The third kappa shape index (κ3) is 3.77. The summed E-state index contributed by atoms with van der Waals surface area (Å²) in [6.45, 7) is 2.70. The molecule has 1 fully saturated rings. The molecule has 5 nitrogen and oxygen atoms in total. The van der Waals surface area contributed by atoms with Crippen molar-refractivity contribution in [2.45, 2.75) is 51.2 Å². The fraction of sp³-hybridized carbons (Fsp3) is 0.600. The number of aryl methyl sites for hydroxylation is 1. The van der Waals surface area contributed by atoms with Crippen LogP contribution in [0, 0.1) is 17.0 Å². The van der Waals surface area contributed by atoms with Gasteiger partial charge in [-0.3, -0.25) is 10.1 Å². The minimum atomic E-state index is -0.648. The molecule has 0 aromatic heterocycles. The molecule has 1 aliphatic rings. The SMILES string of the molecule is Cc1ccc(C(O)CC2CCCCCN2)cc1[N+](=O)[O-]. The van der Waals surface area contributed by atoms with Gasteiger partial charge in [-0.1, -0.05) is 25.0 Å². The Kier molecular flexibility index (Phi) is 5.09. The first-order valence-electron chi connectivity index (χ1n) is 7.24. The quantitative estimate of drug-likeness (QED) is 0.656. The third-order valence-corrected chi connectivity index (χ3v) is 3.98. The first-order chi connectivity index (χ1) is 9.58. The molecule has 1 aromatic carbocycles. The van der Waals surface area contributed by atoms with Crippen LogP contribution in [0.5, 0.6) is 0 Å². The zero-order chi connectivity index (χ0) is 14.5. The van der Waals surface area contributed by atoms with E-state index in [1.165, 1.54) is 25.3 Å². The number of hydrogen-bond donors (Lipinski definition) is 2. The first kappa shape index (κ1) is 14.9. The Bertz CT molecular complexity index is 468. The van der Waals surface area contributed by atoms with Gasteiger partial charge in [-0.15, -0.1) is 0 Å². The molecule has 2 rings (SSSR count). The lowest BCUT2D eigenvalue weighted by atomic mass is 9.98. The van der Waals surface area contributed by atoms with Crippen molar-refractivity contribution in [3.05, 3.63) is 39.4 Å². The fourth-order valence-electron chi connectivity index (χ4n) is 2.74. The summed E-state index contributed by atoms with van der Waals surface area (Å²) in [5.41, 5.74) is 1.34. The molecule has 0 radical (unpaired) electrons. The van der Waals surface area contributed by atoms with Crippen molar-refractivity contribution < 1.29 is 10.0 Å². The average Bonchev–Trinajstić information content (AvgIpc) is 2.67. The number of nitro groups is 1. The molecule has 5 heteroatoms. The number of nitrogens with zero attached hydrogens (tertiary/aromatic N) is 1. The predicted molar refractivity (Wildman–Crippen MR) is 77.7 cm³/mol. The summed E-state index contributed by atoms with van der Waals surface area (Å²) in [7, 11) is 0. The zero-order valence-corrected chi connectivity index (χ0v) is 11.8. The van der Waals surface area contributed by atoms with Crippen LogP contribution in [0.4, 0.5) is 5.69 Å². The number of hydrogen-bond acceptors (Lipinski definition) is 4. The van der Waals surface area contributed by atoms with Crippen molar-refractivity contribution in [3.63, 3.8) is 0 Å². The lowest BCUT2D eigenvalue weighted by Crippen LogP contribution is -2.29. The van der Waals surface area contributed by atoms with Gasteiger partial charge in [0.15, 0.2) is 0 Å². The highest BCUT2D eigenvalue weighted by Crippen LogP contribution is 2.27. The Hall–Kier alpha value is -1.46. The monoisotopic (exact) mass is 278 g/mol. The van der Waals surface area contributed by atoms with Gasteiger partial charge < -0.3 is 10.4 Å². The van der Waals surface area contributed by atoms with Crippen LogP contribution in [0.2, 0.25) is 0 Å². The first-order valence-corrected chi connectivity index (χ1v) is 7.24. The Morgan fingerprint density at radius 2 is 2.25 bits per heavy atom. The summed E-state index contributed by atoms with van der Waals surface area (Å²) in [6, 6.07) is 5.28. The maximum atomic E-state index is 10.9. The molecule has 2 unspecified atom stereocenters. The van der Waals surface area contributed by atoms with Crippen LogP contribution in [0.3, 0.4) is 0 Å². The topological polar surface area (TPSA) is 75.4 Å². The smallest absolute Gasteiger partial charge is 0.272 e. The Balaban J connectivity index is 2.06. The Morgan fingerprint density at radius 3 is 3.00 bits per heavy atom. The molecule has 0 spiro atoms. The number of benzene rings is 1. The van der Waals surface area contributed by atoms with E-state index in [0.717, 1.165) is 13.0 Å². The normalized spacial score (nSPS) is 21.2. The number of nitro benzene ring substituents is 1. The largest absolute Gasteiger partial charge is 0.388 e. The summed E-state index contributed by atoms with van der Waals surface area (Å²) in [5, 5.41) is 24.7. The summed E-state index contributed by atoms with van der Waals surface area (Å²) in [4.78, 5) is 10.6. The van der Waals surface area contributed by atoms with Crippen molar-refractivity contribution in [3.8, 4) is 0 Å². The zero-order valence-electron chi connectivity index (χ0n) is 11.8. The second-order valence-corrected chi connectivity index (χ2v) is 5.55. The molecule has 1 aromatic rings. The fourth-order valence-corrected chi connectivity index (χ4v) is 2.74. The maximum absolute atomic E-state index is 10.9. The Morgan fingerprint density at radius 1 is 1.45 bits per heavy atom. The van der Waals surface area contributed by atoms with Gasteiger partial charge >= 0.3 is 0 Å². The van der Waals surface area contributed by atoms with Crippen molar-refractivity contribution in [1.82, 2.24) is 5.32 Å². The molecule has 2 atom stereocenters. The van der Waals surface area contributed by atoms with E-state index in [1.807, 2.05) is 0 Å². The van der Waals surface area contributed by atoms with Crippen LogP contribution in [-0.4, -0.2) is 22.6 Å². The van der Waals surface area contributed by atoms with Crippen LogP contribution in [0.25, 0.3) is 0 Å². The van der Waals surface area contributed by atoms with Gasteiger partial charge in [0, 0.05) is 17.7 Å². The van der Waals surface area contributed by atoms with Crippen LogP contribution in [0.1, 0.15) is 49.3 Å². The minimum Gasteiger partial charge on any atom is -0.388 e. The van der Waals surface area contributed by atoms with Gasteiger partial charge in [0.2, 0.25) is 0 Å². The summed E-state index contributed by atoms with van der Waals surface area (Å²) in [5.74, 6) is 0. The summed E-state index contributed by atoms with van der Waals surface area (Å²) in [6.07, 6.45) is 4.62. The van der Waals surface area contributed by atoms with Crippen molar-refractivity contribution >= 4 is 5.69 Å². The van der Waals surface area contributed by atoms with Crippen molar-refractivity contribution in [2.24, 2.45) is 0 Å². The van der Waals surface area contributed by atoms with E-state index in [4.69, 9.17) is 0 Å². The number of nitrogens with one attached hydrogen (secondary N) is 1. The van der Waals surface area contributed by atoms with E-state index in [0.29, 0.717) is 23.6 Å². The van der Waals surface area contributed by atoms with Gasteiger partial charge in [-0.2, -0.15) is 0 Å². The van der Waals surface area contributed by atoms with Crippen molar-refractivity contribution in [1.29, 1.82) is 0 Å². The molecule has 0 amide bonds. The number of rotatable bonds is 4. The van der Waals surface area contributed by atoms with E-state index in [9.17, 15) is 15.2 Å². The molecule has 110 valence electrons. The molecule has 1 heterocycles. The van der Waals surface area contributed by atoms with Gasteiger partial charge in [0.25, 0.3) is 5.69 Å².